The fourth-order valence-corrected chi connectivity index (χ4v) is 1.79. The Kier molecular flexibility index (Phi) is 2.63. The third kappa shape index (κ3) is 1.97. The van der Waals surface area contributed by atoms with Gasteiger partial charge in [-0.15, -0.1) is 0 Å². The molecule has 0 aromatic heterocycles. The summed E-state index contributed by atoms with van der Waals surface area (Å²) in [5, 5.41) is 0. The molecule has 0 atom stereocenters. The second kappa shape index (κ2) is 3.73. The van der Waals surface area contributed by atoms with Gasteiger partial charge in [0, 0.05) is 31.6 Å². The van der Waals surface area contributed by atoms with Crippen LogP contribution in [0.1, 0.15) is 12.8 Å². The van der Waals surface area contributed by atoms with Crippen molar-refractivity contribution in [3.8, 4) is 0 Å². The van der Waals surface area contributed by atoms with Crippen LogP contribution in [-0.2, 0) is 4.74 Å². The Balaban J connectivity index is 1.50. The molecule has 0 bridgehead atoms. The maximum Gasteiger partial charge on any atom is 0.0588 e. The molecular weight excluding hydrogens is 152 g/mol. The first-order chi connectivity index (χ1) is 5.90. The van der Waals surface area contributed by atoms with Gasteiger partial charge in [-0.3, -0.25) is 4.90 Å². The molecule has 2 rings (SSSR count). The lowest BCUT2D eigenvalue weighted by Gasteiger charge is -2.39. The third-order valence-corrected chi connectivity index (χ3v) is 2.66. The van der Waals surface area contributed by atoms with Gasteiger partial charge in [-0.25, -0.2) is 0 Å². The summed E-state index contributed by atoms with van der Waals surface area (Å²) in [7, 11) is 0. The van der Waals surface area contributed by atoms with Crippen molar-refractivity contribution in [2.75, 3.05) is 32.8 Å². The van der Waals surface area contributed by atoms with Crippen molar-refractivity contribution in [1.82, 2.24) is 4.90 Å². The van der Waals surface area contributed by atoms with Gasteiger partial charge in [0.25, 0.3) is 0 Å². The first-order valence-corrected chi connectivity index (χ1v) is 4.92. The van der Waals surface area contributed by atoms with Crippen molar-refractivity contribution in [2.24, 2.45) is 11.7 Å². The summed E-state index contributed by atoms with van der Waals surface area (Å²) in [6, 6.07) is 0.941. The Morgan fingerprint density at radius 3 is 2.67 bits per heavy atom. The van der Waals surface area contributed by atoms with Crippen LogP contribution >= 0.6 is 0 Å². The molecule has 1 saturated carbocycles. The summed E-state index contributed by atoms with van der Waals surface area (Å²) >= 11 is 0. The Morgan fingerprint density at radius 2 is 2.08 bits per heavy atom. The fourth-order valence-electron chi connectivity index (χ4n) is 1.79. The lowest BCUT2D eigenvalue weighted by Crippen LogP contribution is -2.49. The molecule has 0 aromatic rings. The monoisotopic (exact) mass is 170 g/mol. The summed E-state index contributed by atoms with van der Waals surface area (Å²) < 4.78 is 5.38. The van der Waals surface area contributed by atoms with Gasteiger partial charge >= 0.3 is 0 Å². The Labute approximate surface area is 73.9 Å². The summed E-state index contributed by atoms with van der Waals surface area (Å²) in [6.45, 7) is 4.81. The van der Waals surface area contributed by atoms with E-state index >= 15 is 0 Å². The van der Waals surface area contributed by atoms with Gasteiger partial charge in [-0.1, -0.05) is 0 Å². The van der Waals surface area contributed by atoms with Crippen molar-refractivity contribution < 1.29 is 4.74 Å². The predicted molar refractivity (Wildman–Crippen MR) is 48.0 cm³/mol. The number of rotatable bonds is 5. The highest BCUT2D eigenvalue weighted by Gasteiger charge is 2.37. The molecule has 3 heteroatoms. The number of ether oxygens (including phenoxy) is 1. The van der Waals surface area contributed by atoms with Gasteiger partial charge < -0.3 is 10.5 Å². The van der Waals surface area contributed by atoms with Crippen LogP contribution in [0.5, 0.6) is 0 Å². The number of nitrogens with zero attached hydrogens (tertiary/aromatic N) is 1. The van der Waals surface area contributed by atoms with E-state index < -0.39 is 0 Å². The van der Waals surface area contributed by atoms with Gasteiger partial charge in [0.1, 0.15) is 0 Å². The Hall–Kier alpha value is -0.120. The van der Waals surface area contributed by atoms with Crippen LogP contribution in [0.2, 0.25) is 0 Å². The molecular formula is C9H18N2O. The first-order valence-electron chi connectivity index (χ1n) is 4.92. The molecule has 12 heavy (non-hydrogen) atoms. The fraction of sp³-hybridized carbons (Fsp3) is 1.00. The van der Waals surface area contributed by atoms with Crippen molar-refractivity contribution in [2.45, 2.75) is 18.9 Å². The molecule has 2 aliphatic rings. The minimum absolute atomic E-state index is 0.652. The summed E-state index contributed by atoms with van der Waals surface area (Å²) in [5.74, 6) is 0.789. The highest BCUT2D eigenvalue weighted by Crippen LogP contribution is 2.32. The van der Waals surface area contributed by atoms with E-state index in [4.69, 9.17) is 10.5 Å². The number of hydrogen-bond acceptors (Lipinski definition) is 3. The smallest absolute Gasteiger partial charge is 0.0588 e. The summed E-state index contributed by atoms with van der Waals surface area (Å²) in [4.78, 5) is 2.57. The molecule has 0 radical (unpaired) electrons. The second-order valence-corrected chi connectivity index (χ2v) is 3.91. The van der Waals surface area contributed by atoms with Gasteiger partial charge in [0.15, 0.2) is 0 Å². The molecule has 1 aliphatic carbocycles. The van der Waals surface area contributed by atoms with Crippen LogP contribution < -0.4 is 5.73 Å². The van der Waals surface area contributed by atoms with Gasteiger partial charge in [-0.2, -0.15) is 0 Å². The highest BCUT2D eigenvalue weighted by atomic mass is 16.5. The zero-order valence-corrected chi connectivity index (χ0v) is 7.54. The quantitative estimate of drug-likeness (QED) is 0.593. The maximum atomic E-state index is 5.38. The van der Waals surface area contributed by atoms with E-state index in [1.807, 2.05) is 0 Å². The molecule has 0 amide bonds. The van der Waals surface area contributed by atoms with E-state index in [0.717, 1.165) is 25.2 Å². The Bertz CT molecular complexity index is 141. The highest BCUT2D eigenvalue weighted by molar-refractivity contribution is 4.92. The molecule has 3 nitrogen and oxygen atoms in total. The summed E-state index contributed by atoms with van der Waals surface area (Å²) in [5.41, 5.74) is 5.32. The molecule has 1 aliphatic heterocycles. The number of nitrogens with two attached hydrogens (primary N) is 1. The molecule has 2 fully saturated rings. The lowest BCUT2D eigenvalue weighted by atomic mass is 10.0. The van der Waals surface area contributed by atoms with E-state index in [9.17, 15) is 0 Å². The Morgan fingerprint density at radius 1 is 1.33 bits per heavy atom. The van der Waals surface area contributed by atoms with E-state index in [-0.39, 0.29) is 0 Å². The van der Waals surface area contributed by atoms with Crippen molar-refractivity contribution in [3.05, 3.63) is 0 Å². The molecule has 0 unspecified atom stereocenters. The number of likely N-dealkylation sites (tertiary alicyclic amines) is 1. The average Bonchev–Trinajstić information content (AvgIpc) is 2.76. The van der Waals surface area contributed by atoms with E-state index in [1.54, 1.807) is 0 Å². The van der Waals surface area contributed by atoms with Crippen LogP contribution in [0.25, 0.3) is 0 Å². The molecule has 0 spiro atoms. The molecule has 70 valence electrons. The SMILES string of the molecule is NCCOCC1CN(C2CC2)C1. The van der Waals surface area contributed by atoms with Gasteiger partial charge in [-0.05, 0) is 12.8 Å². The standard InChI is InChI=1S/C9H18N2O/c10-3-4-12-7-8-5-11(6-8)9-1-2-9/h8-9H,1-7,10H2. The molecule has 1 heterocycles. The van der Waals surface area contributed by atoms with Crippen molar-refractivity contribution in [3.63, 3.8) is 0 Å². The normalized spacial score (nSPS) is 25.8. The van der Waals surface area contributed by atoms with E-state index in [2.05, 4.69) is 4.90 Å². The van der Waals surface area contributed by atoms with Crippen LogP contribution in [0.3, 0.4) is 0 Å². The number of hydrogen-bond donors (Lipinski definition) is 1. The van der Waals surface area contributed by atoms with Crippen molar-refractivity contribution in [1.29, 1.82) is 0 Å². The lowest BCUT2D eigenvalue weighted by molar-refractivity contribution is 0.0128. The van der Waals surface area contributed by atoms with Gasteiger partial charge in [0.05, 0.1) is 13.2 Å². The first kappa shape index (κ1) is 8.48. The summed E-state index contributed by atoms with van der Waals surface area (Å²) in [6.07, 6.45) is 2.85. The van der Waals surface area contributed by atoms with E-state index in [1.165, 1.54) is 25.9 Å². The minimum atomic E-state index is 0.652. The van der Waals surface area contributed by atoms with Crippen LogP contribution in [0.15, 0.2) is 0 Å². The topological polar surface area (TPSA) is 38.5 Å². The third-order valence-electron chi connectivity index (χ3n) is 2.66. The zero-order chi connectivity index (χ0) is 8.39. The van der Waals surface area contributed by atoms with Crippen LogP contribution in [0.4, 0.5) is 0 Å². The van der Waals surface area contributed by atoms with Crippen LogP contribution in [-0.4, -0.2) is 43.8 Å². The molecule has 1 saturated heterocycles. The maximum absolute atomic E-state index is 5.38. The second-order valence-electron chi connectivity index (χ2n) is 3.91. The molecule has 2 N–H and O–H groups in total. The predicted octanol–water partition coefficient (Wildman–Crippen LogP) is 0.0559. The van der Waals surface area contributed by atoms with Crippen molar-refractivity contribution >= 4 is 0 Å². The largest absolute Gasteiger partial charge is 0.380 e. The zero-order valence-electron chi connectivity index (χ0n) is 7.54. The van der Waals surface area contributed by atoms with Crippen LogP contribution in [0, 0.1) is 5.92 Å². The van der Waals surface area contributed by atoms with E-state index in [0.29, 0.717) is 6.54 Å². The minimum Gasteiger partial charge on any atom is -0.380 e. The van der Waals surface area contributed by atoms with Gasteiger partial charge in [0.2, 0.25) is 0 Å². The average molecular weight is 170 g/mol. The molecule has 0 aromatic carbocycles.